The summed E-state index contributed by atoms with van der Waals surface area (Å²) in [5.41, 5.74) is 1.74. The van der Waals surface area contributed by atoms with Crippen molar-refractivity contribution in [2.75, 3.05) is 0 Å². The van der Waals surface area contributed by atoms with Gasteiger partial charge in [0.05, 0.1) is 0 Å². The number of ketones is 2. The summed E-state index contributed by atoms with van der Waals surface area (Å²) < 4.78 is 6.04. The minimum absolute atomic E-state index is 0.0433. The van der Waals surface area contributed by atoms with E-state index < -0.39 is 5.41 Å². The second-order valence-electron chi connectivity index (χ2n) is 12.0. The van der Waals surface area contributed by atoms with Crippen LogP contribution in [0.3, 0.4) is 0 Å². The topological polar surface area (TPSA) is 60.4 Å². The van der Waals surface area contributed by atoms with Crippen LogP contribution >= 0.6 is 0 Å². The molecule has 7 aliphatic rings. The first kappa shape index (κ1) is 20.8. The lowest BCUT2D eigenvalue weighted by Gasteiger charge is -2.48. The molecule has 1 aromatic rings. The zero-order chi connectivity index (χ0) is 23.2. The van der Waals surface area contributed by atoms with Crippen LogP contribution in [0.15, 0.2) is 42.5 Å². The molecular weight excluding hydrogens is 424 g/mol. The van der Waals surface area contributed by atoms with E-state index in [1.807, 2.05) is 12.1 Å². The van der Waals surface area contributed by atoms with Crippen molar-refractivity contribution < 1.29 is 19.1 Å². The largest absolute Gasteiger partial charge is 0.426 e. The molecule has 0 aromatic heterocycles. The summed E-state index contributed by atoms with van der Waals surface area (Å²) in [6.07, 6.45) is 15.6. The Labute approximate surface area is 200 Å². The van der Waals surface area contributed by atoms with E-state index in [-0.39, 0.29) is 34.9 Å². The summed E-state index contributed by atoms with van der Waals surface area (Å²) in [5, 5.41) is 0. The van der Waals surface area contributed by atoms with Crippen LogP contribution in [0.2, 0.25) is 0 Å². The smallest absolute Gasteiger partial charge is 0.322 e. The summed E-state index contributed by atoms with van der Waals surface area (Å²) in [4.78, 5) is 38.9. The molecule has 4 nitrogen and oxygen atoms in total. The normalized spacial score (nSPS) is 43.3. The number of ether oxygens (including phenoxy) is 1. The highest BCUT2D eigenvalue weighted by Crippen LogP contribution is 2.60. The standard InChI is InChI=1S/C30H32O4/c1-29-14-12-22-21-9-7-20(16-18(21)4-8-23(22)24(29)10-11-26(29)32)34-28(33)30-15-13-25(31)27(30)17-2-5-19(30)6-3-17/h2,5,7,9,13,15-17,19,22-24,27H,3-4,6,8,10-12,14H2,1H3/t17-,19-,22+,23-,24-,27-,29+,30+/m0/s1. The number of Topliss-reactive ketones (excluding diaryl/α,β-unsaturated/α-hetero) is 1. The van der Waals surface area contributed by atoms with Gasteiger partial charge in [-0.2, -0.15) is 0 Å². The fourth-order valence-electron chi connectivity index (χ4n) is 9.03. The molecule has 0 N–H and O–H groups in total. The molecule has 4 heteroatoms. The van der Waals surface area contributed by atoms with Gasteiger partial charge < -0.3 is 4.74 Å². The van der Waals surface area contributed by atoms with Gasteiger partial charge in [0.15, 0.2) is 5.78 Å². The Morgan fingerprint density at radius 3 is 2.74 bits per heavy atom. The number of allylic oxidation sites excluding steroid dienone is 3. The van der Waals surface area contributed by atoms with Crippen molar-refractivity contribution in [2.24, 2.45) is 40.4 Å². The highest BCUT2D eigenvalue weighted by Gasteiger charge is 2.61. The first-order chi connectivity index (χ1) is 16.4. The van der Waals surface area contributed by atoms with E-state index in [1.165, 1.54) is 11.1 Å². The number of hydrogen-bond donors (Lipinski definition) is 0. The molecule has 176 valence electrons. The zero-order valence-electron chi connectivity index (χ0n) is 19.8. The van der Waals surface area contributed by atoms with E-state index in [2.05, 4.69) is 31.2 Å². The van der Waals surface area contributed by atoms with Crippen LogP contribution in [0.25, 0.3) is 0 Å². The molecule has 8 atom stereocenters. The van der Waals surface area contributed by atoms with E-state index in [1.54, 1.807) is 6.08 Å². The predicted molar refractivity (Wildman–Crippen MR) is 127 cm³/mol. The number of hydrogen-bond acceptors (Lipinski definition) is 4. The van der Waals surface area contributed by atoms with Gasteiger partial charge in [0, 0.05) is 17.8 Å². The fourth-order valence-corrected chi connectivity index (χ4v) is 9.03. The van der Waals surface area contributed by atoms with E-state index in [0.717, 1.165) is 51.4 Å². The van der Waals surface area contributed by atoms with E-state index >= 15 is 0 Å². The number of aryl methyl sites for hydroxylation is 1. The molecule has 0 saturated heterocycles. The van der Waals surface area contributed by atoms with Gasteiger partial charge in [-0.1, -0.05) is 31.2 Å². The number of benzene rings is 1. The molecule has 2 bridgehead atoms. The first-order valence-corrected chi connectivity index (χ1v) is 13.2. The number of carbonyl (C=O) groups excluding carboxylic acids is 3. The summed E-state index contributed by atoms with van der Waals surface area (Å²) in [6.45, 7) is 2.21. The van der Waals surface area contributed by atoms with Crippen molar-refractivity contribution in [1.29, 1.82) is 0 Å². The van der Waals surface area contributed by atoms with Gasteiger partial charge in [0.25, 0.3) is 0 Å². The maximum absolute atomic E-state index is 13.6. The number of rotatable bonds is 2. The Hall–Kier alpha value is -2.49. The number of fused-ring (bicyclic) bond motifs is 6. The minimum Gasteiger partial charge on any atom is -0.426 e. The summed E-state index contributed by atoms with van der Waals surface area (Å²) in [6, 6.07) is 6.20. The minimum atomic E-state index is -0.835. The second kappa shape index (κ2) is 7.02. The average Bonchev–Trinajstić information content (AvgIpc) is 3.38. The molecule has 0 radical (unpaired) electrons. The Bertz CT molecular complexity index is 1180. The van der Waals surface area contributed by atoms with Crippen molar-refractivity contribution >= 4 is 17.5 Å². The number of esters is 1. The van der Waals surface area contributed by atoms with Crippen molar-refractivity contribution in [3.8, 4) is 5.75 Å². The molecule has 8 rings (SSSR count). The SMILES string of the molecule is C[C@@]12CC[C@@H]3c4ccc(OC(=O)[C@@]56C=CC(=O)[C@@H]5[C@H]5C=C[C@H]6CC5)cc4CC[C@@H]3[C@@H]1CCC2=O. The van der Waals surface area contributed by atoms with Gasteiger partial charge in [-0.05, 0) is 104 Å². The maximum Gasteiger partial charge on any atom is 0.322 e. The Morgan fingerprint density at radius 1 is 1.03 bits per heavy atom. The molecular formula is C30H32O4. The molecule has 34 heavy (non-hydrogen) atoms. The zero-order valence-corrected chi connectivity index (χ0v) is 19.8. The second-order valence-corrected chi connectivity index (χ2v) is 12.0. The van der Waals surface area contributed by atoms with Crippen LogP contribution in [-0.4, -0.2) is 17.5 Å². The molecule has 3 saturated carbocycles. The molecule has 0 aliphatic heterocycles. The van der Waals surface area contributed by atoms with Crippen molar-refractivity contribution in [3.63, 3.8) is 0 Å². The molecule has 3 fully saturated rings. The third-order valence-corrected chi connectivity index (χ3v) is 10.8. The van der Waals surface area contributed by atoms with Gasteiger partial charge in [0.1, 0.15) is 16.9 Å². The molecule has 7 aliphatic carbocycles. The third kappa shape index (κ3) is 2.58. The van der Waals surface area contributed by atoms with Crippen LogP contribution in [0.4, 0.5) is 0 Å². The van der Waals surface area contributed by atoms with Gasteiger partial charge >= 0.3 is 5.97 Å². The summed E-state index contributed by atoms with van der Waals surface area (Å²) in [7, 11) is 0. The third-order valence-electron chi connectivity index (χ3n) is 10.8. The monoisotopic (exact) mass is 456 g/mol. The van der Waals surface area contributed by atoms with Gasteiger partial charge in [-0.3, -0.25) is 14.4 Å². The molecule has 0 unspecified atom stereocenters. The Morgan fingerprint density at radius 2 is 1.91 bits per heavy atom. The van der Waals surface area contributed by atoms with E-state index in [0.29, 0.717) is 29.3 Å². The molecule has 0 amide bonds. The Balaban J connectivity index is 1.15. The first-order valence-electron chi connectivity index (χ1n) is 13.2. The van der Waals surface area contributed by atoms with Gasteiger partial charge in [-0.15, -0.1) is 0 Å². The van der Waals surface area contributed by atoms with Crippen molar-refractivity contribution in [3.05, 3.63) is 53.6 Å². The van der Waals surface area contributed by atoms with E-state index in [9.17, 15) is 14.4 Å². The van der Waals surface area contributed by atoms with Crippen LogP contribution < -0.4 is 4.74 Å². The van der Waals surface area contributed by atoms with Crippen LogP contribution in [-0.2, 0) is 20.8 Å². The van der Waals surface area contributed by atoms with Crippen LogP contribution in [0, 0.1) is 40.4 Å². The van der Waals surface area contributed by atoms with Gasteiger partial charge in [-0.25, -0.2) is 0 Å². The van der Waals surface area contributed by atoms with Crippen molar-refractivity contribution in [1.82, 2.24) is 0 Å². The lowest BCUT2D eigenvalue weighted by molar-refractivity contribution is -0.155. The lowest BCUT2D eigenvalue weighted by Crippen LogP contribution is -2.52. The average molecular weight is 457 g/mol. The highest BCUT2D eigenvalue weighted by atomic mass is 16.5. The summed E-state index contributed by atoms with van der Waals surface area (Å²) >= 11 is 0. The maximum atomic E-state index is 13.6. The van der Waals surface area contributed by atoms with Gasteiger partial charge in [0.2, 0.25) is 0 Å². The lowest BCUT2D eigenvalue weighted by atomic mass is 9.54. The fraction of sp³-hybridized carbons (Fsp3) is 0.567. The molecule has 0 spiro atoms. The Kier molecular flexibility index (Phi) is 4.31. The molecule has 1 aromatic carbocycles. The van der Waals surface area contributed by atoms with Crippen LogP contribution in [0.5, 0.6) is 5.75 Å². The number of carbonyl (C=O) groups is 3. The summed E-state index contributed by atoms with van der Waals surface area (Å²) in [5.74, 6) is 2.38. The van der Waals surface area contributed by atoms with Crippen LogP contribution in [0.1, 0.15) is 68.9 Å². The predicted octanol–water partition coefficient (Wildman–Crippen LogP) is 5.35. The van der Waals surface area contributed by atoms with E-state index in [4.69, 9.17) is 4.74 Å². The van der Waals surface area contributed by atoms with Crippen molar-refractivity contribution in [2.45, 2.75) is 64.2 Å². The quantitative estimate of drug-likeness (QED) is 0.342. The highest BCUT2D eigenvalue weighted by molar-refractivity contribution is 6.03. The molecule has 0 heterocycles.